The molecule has 11 rings (SSSR count). The summed E-state index contributed by atoms with van der Waals surface area (Å²) in [5.74, 6) is 0.837. The highest BCUT2D eigenvalue weighted by Crippen LogP contribution is 2.38. The van der Waals surface area contributed by atoms with Gasteiger partial charge in [-0.3, -0.25) is 9.55 Å². The van der Waals surface area contributed by atoms with Crippen LogP contribution in [0.4, 0.5) is 0 Å². The largest absolute Gasteiger partial charge is 0.456 e. The molecule has 0 bridgehead atoms. The first-order valence-corrected chi connectivity index (χ1v) is 18.9. The van der Waals surface area contributed by atoms with Gasteiger partial charge in [0.15, 0.2) is 0 Å². The van der Waals surface area contributed by atoms with Crippen LogP contribution < -0.4 is 0 Å². The normalized spacial score (nSPS) is 11.6. The molecule has 0 aliphatic heterocycles. The lowest BCUT2D eigenvalue weighted by Gasteiger charge is -2.14. The predicted molar refractivity (Wildman–Crippen MR) is 231 cm³/mol. The summed E-state index contributed by atoms with van der Waals surface area (Å²) in [5.41, 5.74) is 15.9. The molecular formula is C52H33N3O. The number of benzene rings is 7. The molecule has 0 radical (unpaired) electrons. The summed E-state index contributed by atoms with van der Waals surface area (Å²) < 4.78 is 8.40. The Morgan fingerprint density at radius 1 is 0.357 bits per heavy atom. The summed E-state index contributed by atoms with van der Waals surface area (Å²) >= 11 is 0. The topological polar surface area (TPSA) is 43.9 Å². The van der Waals surface area contributed by atoms with E-state index < -0.39 is 0 Å². The molecule has 4 nitrogen and oxygen atoms in total. The first kappa shape index (κ1) is 31.9. The third-order valence-electron chi connectivity index (χ3n) is 10.9. The van der Waals surface area contributed by atoms with Gasteiger partial charge in [0.1, 0.15) is 17.0 Å². The molecular weight excluding hydrogens is 683 g/mol. The van der Waals surface area contributed by atoms with Gasteiger partial charge >= 0.3 is 0 Å². The smallest absolute Gasteiger partial charge is 0.138 e. The third kappa shape index (κ3) is 5.47. The van der Waals surface area contributed by atoms with Crippen LogP contribution in [0.2, 0.25) is 0 Å². The Balaban J connectivity index is 1.07. The fourth-order valence-corrected chi connectivity index (χ4v) is 8.06. The number of nitrogens with zero attached hydrogens (tertiary/aromatic N) is 3. The molecule has 7 aromatic carbocycles. The van der Waals surface area contributed by atoms with Crippen LogP contribution in [0.25, 0.3) is 105 Å². The van der Waals surface area contributed by atoms with Gasteiger partial charge in [0.2, 0.25) is 0 Å². The number of hydrogen-bond donors (Lipinski definition) is 0. The Bertz CT molecular complexity index is 3110. The Labute approximate surface area is 323 Å². The predicted octanol–water partition coefficient (Wildman–Crippen LogP) is 13.8. The van der Waals surface area contributed by atoms with Crippen molar-refractivity contribution in [3.63, 3.8) is 0 Å². The van der Waals surface area contributed by atoms with Crippen LogP contribution in [0.15, 0.2) is 205 Å². The molecule has 56 heavy (non-hydrogen) atoms. The molecule has 0 amide bonds. The minimum Gasteiger partial charge on any atom is -0.456 e. The summed E-state index contributed by atoms with van der Waals surface area (Å²) in [6.07, 6.45) is 1.88. The number of para-hydroxylation sites is 1. The molecule has 0 spiro atoms. The fourth-order valence-electron chi connectivity index (χ4n) is 8.06. The van der Waals surface area contributed by atoms with Crippen molar-refractivity contribution in [2.45, 2.75) is 0 Å². The maximum atomic E-state index is 6.14. The lowest BCUT2D eigenvalue weighted by Crippen LogP contribution is -2.00. The molecule has 0 saturated heterocycles. The highest BCUT2D eigenvalue weighted by Gasteiger charge is 2.18. The quantitative estimate of drug-likeness (QED) is 0.172. The molecule has 0 aliphatic carbocycles. The summed E-state index contributed by atoms with van der Waals surface area (Å²) in [7, 11) is 0. The number of hydrogen-bond acceptors (Lipinski definition) is 3. The molecule has 0 atom stereocenters. The van der Waals surface area contributed by atoms with E-state index in [1.807, 2.05) is 30.5 Å². The average molecular weight is 716 g/mol. The van der Waals surface area contributed by atoms with E-state index in [4.69, 9.17) is 14.4 Å². The summed E-state index contributed by atoms with van der Waals surface area (Å²) in [4.78, 5) is 10.3. The van der Waals surface area contributed by atoms with Gasteiger partial charge < -0.3 is 4.42 Å². The fraction of sp³-hybridized carbons (Fsp3) is 0. The minimum absolute atomic E-state index is 0.837. The van der Waals surface area contributed by atoms with E-state index in [0.717, 1.165) is 83.2 Å². The van der Waals surface area contributed by atoms with E-state index in [2.05, 4.69) is 174 Å². The molecule has 11 aromatic rings. The first-order chi connectivity index (χ1) is 27.7. The van der Waals surface area contributed by atoms with Gasteiger partial charge in [0, 0.05) is 27.9 Å². The van der Waals surface area contributed by atoms with Gasteiger partial charge in [-0.25, -0.2) is 4.98 Å². The molecule has 0 saturated carbocycles. The molecule has 4 heterocycles. The SMILES string of the molecule is c1ccc(-c2ccc(-c3cc(-c4ccc(-c5ccccc5)cc4)nc(-n4c5ccc(-c6ccc7oc8ccccc8c7c6)cc5c5ncccc54)c3)cc2)cc1. The third-order valence-corrected chi connectivity index (χ3v) is 10.9. The highest BCUT2D eigenvalue weighted by molar-refractivity contribution is 6.10. The maximum absolute atomic E-state index is 6.14. The van der Waals surface area contributed by atoms with Crippen molar-refractivity contribution in [1.29, 1.82) is 0 Å². The Kier molecular flexibility index (Phi) is 7.46. The van der Waals surface area contributed by atoms with Gasteiger partial charge in [-0.1, -0.05) is 140 Å². The average Bonchev–Trinajstić information content (AvgIpc) is 3.82. The first-order valence-electron chi connectivity index (χ1n) is 18.9. The van der Waals surface area contributed by atoms with Gasteiger partial charge in [-0.15, -0.1) is 0 Å². The number of furan rings is 1. The second kappa shape index (κ2) is 13.1. The molecule has 262 valence electrons. The van der Waals surface area contributed by atoms with Crippen molar-refractivity contribution in [3.8, 4) is 61.6 Å². The molecule has 0 N–H and O–H groups in total. The van der Waals surface area contributed by atoms with Crippen molar-refractivity contribution in [3.05, 3.63) is 200 Å². The van der Waals surface area contributed by atoms with Crippen molar-refractivity contribution in [1.82, 2.24) is 14.5 Å². The van der Waals surface area contributed by atoms with Crippen molar-refractivity contribution >= 4 is 43.9 Å². The number of aromatic nitrogens is 3. The minimum atomic E-state index is 0.837. The molecule has 4 heteroatoms. The summed E-state index contributed by atoms with van der Waals surface area (Å²) in [6, 6.07) is 68.5. The standard InChI is InChI=1S/C52H33N3O/c1-3-10-34(11-4-1)36-17-19-38(20-18-36)42-32-46(39-23-21-37(22-24-39)35-12-5-2-6-13-35)54-51(33-42)55-47-27-25-40(31-45(47)52-48(55)15-9-29-53-52)41-26-28-50-44(30-41)43-14-7-8-16-49(43)56-50/h1-33H. The van der Waals surface area contributed by atoms with Gasteiger partial charge in [-0.2, -0.15) is 0 Å². The van der Waals surface area contributed by atoms with Gasteiger partial charge in [0.05, 0.1) is 22.2 Å². The molecule has 0 fully saturated rings. The lowest BCUT2D eigenvalue weighted by atomic mass is 9.98. The number of rotatable bonds is 6. The van der Waals surface area contributed by atoms with E-state index in [-0.39, 0.29) is 0 Å². The van der Waals surface area contributed by atoms with Crippen molar-refractivity contribution < 1.29 is 4.42 Å². The molecule has 0 aliphatic rings. The van der Waals surface area contributed by atoms with Crippen LogP contribution in [0.1, 0.15) is 0 Å². The van der Waals surface area contributed by atoms with Crippen LogP contribution in [0.3, 0.4) is 0 Å². The Morgan fingerprint density at radius 3 is 1.62 bits per heavy atom. The number of pyridine rings is 2. The highest BCUT2D eigenvalue weighted by atomic mass is 16.3. The van der Waals surface area contributed by atoms with Crippen LogP contribution >= 0.6 is 0 Å². The second-order valence-corrected chi connectivity index (χ2v) is 14.2. The monoisotopic (exact) mass is 715 g/mol. The van der Waals surface area contributed by atoms with E-state index in [1.54, 1.807) is 0 Å². The van der Waals surface area contributed by atoms with Crippen LogP contribution in [0.5, 0.6) is 0 Å². The zero-order valence-corrected chi connectivity index (χ0v) is 30.3. The van der Waals surface area contributed by atoms with Crippen molar-refractivity contribution in [2.75, 3.05) is 0 Å². The lowest BCUT2D eigenvalue weighted by molar-refractivity contribution is 0.669. The van der Waals surface area contributed by atoms with Gasteiger partial charge in [0.25, 0.3) is 0 Å². The second-order valence-electron chi connectivity index (χ2n) is 14.2. The zero-order valence-electron chi connectivity index (χ0n) is 30.3. The van der Waals surface area contributed by atoms with Crippen LogP contribution in [-0.4, -0.2) is 14.5 Å². The molecule has 0 unspecified atom stereocenters. The van der Waals surface area contributed by atoms with Crippen molar-refractivity contribution in [2.24, 2.45) is 0 Å². The van der Waals surface area contributed by atoms with E-state index in [0.29, 0.717) is 0 Å². The van der Waals surface area contributed by atoms with E-state index in [9.17, 15) is 0 Å². The Hall–Kier alpha value is -7.56. The summed E-state index contributed by atoms with van der Waals surface area (Å²) in [6.45, 7) is 0. The maximum Gasteiger partial charge on any atom is 0.138 e. The summed E-state index contributed by atoms with van der Waals surface area (Å²) in [5, 5.41) is 3.30. The zero-order chi connectivity index (χ0) is 37.0. The number of fused-ring (bicyclic) bond motifs is 6. The van der Waals surface area contributed by atoms with Crippen LogP contribution in [-0.2, 0) is 0 Å². The Morgan fingerprint density at radius 2 is 0.911 bits per heavy atom. The molecule has 4 aromatic heterocycles. The van der Waals surface area contributed by atoms with Gasteiger partial charge in [-0.05, 0) is 99.1 Å². The van der Waals surface area contributed by atoms with Crippen LogP contribution in [0, 0.1) is 0 Å². The van der Waals surface area contributed by atoms with E-state index >= 15 is 0 Å². The van der Waals surface area contributed by atoms with E-state index in [1.165, 1.54) is 22.3 Å².